The Morgan fingerprint density at radius 2 is 2.00 bits per heavy atom. The molecule has 0 aliphatic heterocycles. The van der Waals surface area contributed by atoms with E-state index in [-0.39, 0.29) is 0 Å². The Labute approximate surface area is 118 Å². The molecule has 0 spiro atoms. The monoisotopic (exact) mass is 265 g/mol. The van der Waals surface area contributed by atoms with Crippen LogP contribution < -0.4 is 5.32 Å². The van der Waals surface area contributed by atoms with Gasteiger partial charge in [-0.15, -0.1) is 0 Å². The molecular weight excluding hydrogens is 234 g/mol. The molecule has 1 N–H and O–H groups in total. The quantitative estimate of drug-likeness (QED) is 0.817. The fraction of sp³-hybridized carbons (Fsp3) is 0.812. The standard InChI is InChI=1S/C16H31N3/c1-7-17-15(16(4,5)6)11-9-10-14-12-13(3)18-19(14)8-2/h12,15,17H,7-11H2,1-6H3. The summed E-state index contributed by atoms with van der Waals surface area (Å²) in [6, 6.07) is 2.82. The Balaban J connectivity index is 2.52. The van der Waals surface area contributed by atoms with E-state index in [1.807, 2.05) is 0 Å². The van der Waals surface area contributed by atoms with Gasteiger partial charge in [-0.25, -0.2) is 0 Å². The van der Waals surface area contributed by atoms with E-state index >= 15 is 0 Å². The molecule has 0 saturated heterocycles. The minimum Gasteiger partial charge on any atom is -0.314 e. The van der Waals surface area contributed by atoms with E-state index in [0.29, 0.717) is 11.5 Å². The van der Waals surface area contributed by atoms with E-state index < -0.39 is 0 Å². The number of nitrogens with one attached hydrogen (secondary N) is 1. The van der Waals surface area contributed by atoms with Crippen LogP contribution in [0, 0.1) is 12.3 Å². The minimum atomic E-state index is 0.330. The normalized spacial score (nSPS) is 13.8. The summed E-state index contributed by atoms with van der Waals surface area (Å²) in [5, 5.41) is 8.13. The van der Waals surface area contributed by atoms with Crippen LogP contribution in [0.3, 0.4) is 0 Å². The summed E-state index contributed by atoms with van der Waals surface area (Å²) in [7, 11) is 0. The maximum absolute atomic E-state index is 4.51. The topological polar surface area (TPSA) is 29.9 Å². The third kappa shape index (κ3) is 4.98. The lowest BCUT2D eigenvalue weighted by molar-refractivity contribution is 0.254. The van der Waals surface area contributed by atoms with Crippen molar-refractivity contribution in [2.75, 3.05) is 6.54 Å². The van der Waals surface area contributed by atoms with E-state index in [1.165, 1.54) is 18.5 Å². The second-order valence-corrected chi connectivity index (χ2v) is 6.46. The molecule has 0 fully saturated rings. The second-order valence-electron chi connectivity index (χ2n) is 6.46. The van der Waals surface area contributed by atoms with Crippen molar-refractivity contribution in [3.05, 3.63) is 17.5 Å². The summed E-state index contributed by atoms with van der Waals surface area (Å²) in [5.74, 6) is 0. The van der Waals surface area contributed by atoms with Crippen LogP contribution in [-0.4, -0.2) is 22.4 Å². The van der Waals surface area contributed by atoms with Gasteiger partial charge in [0.05, 0.1) is 5.69 Å². The molecule has 0 aromatic carbocycles. The van der Waals surface area contributed by atoms with Crippen LogP contribution in [0.15, 0.2) is 6.07 Å². The van der Waals surface area contributed by atoms with Gasteiger partial charge in [0.2, 0.25) is 0 Å². The van der Waals surface area contributed by atoms with Gasteiger partial charge in [-0.2, -0.15) is 5.10 Å². The first kappa shape index (κ1) is 16.2. The van der Waals surface area contributed by atoms with Crippen LogP contribution in [0.25, 0.3) is 0 Å². The molecule has 0 aliphatic rings. The summed E-state index contributed by atoms with van der Waals surface area (Å²) < 4.78 is 2.13. The molecule has 110 valence electrons. The van der Waals surface area contributed by atoms with Crippen molar-refractivity contribution in [1.29, 1.82) is 0 Å². The fourth-order valence-corrected chi connectivity index (χ4v) is 2.65. The van der Waals surface area contributed by atoms with Crippen molar-refractivity contribution in [2.24, 2.45) is 5.41 Å². The van der Waals surface area contributed by atoms with Crippen molar-refractivity contribution in [3.8, 4) is 0 Å². The van der Waals surface area contributed by atoms with Crippen LogP contribution >= 0.6 is 0 Å². The number of rotatable bonds is 7. The molecular formula is C16H31N3. The van der Waals surface area contributed by atoms with Gasteiger partial charge in [-0.05, 0) is 51.1 Å². The zero-order valence-electron chi connectivity index (χ0n) is 13.6. The molecule has 1 aromatic rings. The van der Waals surface area contributed by atoms with E-state index in [9.17, 15) is 0 Å². The number of hydrogen-bond acceptors (Lipinski definition) is 2. The molecule has 0 aliphatic carbocycles. The predicted octanol–water partition coefficient (Wildman–Crippen LogP) is 3.56. The van der Waals surface area contributed by atoms with E-state index in [1.54, 1.807) is 0 Å². The van der Waals surface area contributed by atoms with Crippen LogP contribution in [0.5, 0.6) is 0 Å². The first-order chi connectivity index (χ1) is 8.88. The second kappa shape index (κ2) is 7.09. The molecule has 0 saturated carbocycles. The molecule has 0 radical (unpaired) electrons. The zero-order valence-corrected chi connectivity index (χ0v) is 13.6. The Morgan fingerprint density at radius 1 is 1.32 bits per heavy atom. The van der Waals surface area contributed by atoms with E-state index in [2.05, 4.69) is 62.7 Å². The largest absolute Gasteiger partial charge is 0.314 e. The Bertz CT molecular complexity index is 374. The lowest BCUT2D eigenvalue weighted by Gasteiger charge is -2.31. The van der Waals surface area contributed by atoms with Gasteiger partial charge in [0.25, 0.3) is 0 Å². The number of hydrogen-bond donors (Lipinski definition) is 1. The van der Waals surface area contributed by atoms with Gasteiger partial charge in [0.15, 0.2) is 0 Å². The van der Waals surface area contributed by atoms with Gasteiger partial charge in [-0.3, -0.25) is 4.68 Å². The Hall–Kier alpha value is -0.830. The Morgan fingerprint density at radius 3 is 2.53 bits per heavy atom. The van der Waals surface area contributed by atoms with Crippen molar-refractivity contribution in [3.63, 3.8) is 0 Å². The molecule has 1 rings (SSSR count). The van der Waals surface area contributed by atoms with Crippen molar-refractivity contribution in [1.82, 2.24) is 15.1 Å². The molecule has 1 unspecified atom stereocenters. The third-order valence-corrected chi connectivity index (χ3v) is 3.71. The highest BCUT2D eigenvalue weighted by atomic mass is 15.3. The zero-order chi connectivity index (χ0) is 14.5. The average Bonchev–Trinajstić information content (AvgIpc) is 2.67. The van der Waals surface area contributed by atoms with Gasteiger partial charge in [-0.1, -0.05) is 27.7 Å². The van der Waals surface area contributed by atoms with Crippen LogP contribution in [0.2, 0.25) is 0 Å². The summed E-state index contributed by atoms with van der Waals surface area (Å²) in [6.45, 7) is 15.4. The summed E-state index contributed by atoms with van der Waals surface area (Å²) >= 11 is 0. The molecule has 0 amide bonds. The molecule has 3 heteroatoms. The maximum Gasteiger partial charge on any atom is 0.0596 e. The molecule has 1 aromatic heterocycles. The van der Waals surface area contributed by atoms with Gasteiger partial charge in [0, 0.05) is 18.3 Å². The minimum absolute atomic E-state index is 0.330. The predicted molar refractivity (Wildman–Crippen MR) is 82.5 cm³/mol. The van der Waals surface area contributed by atoms with Crippen LogP contribution in [0.4, 0.5) is 0 Å². The van der Waals surface area contributed by atoms with E-state index in [4.69, 9.17) is 0 Å². The Kier molecular flexibility index (Phi) is 6.05. The van der Waals surface area contributed by atoms with E-state index in [0.717, 1.165) is 25.2 Å². The smallest absolute Gasteiger partial charge is 0.0596 e. The summed E-state index contributed by atoms with van der Waals surface area (Å²) in [5.41, 5.74) is 2.84. The SMILES string of the molecule is CCNC(CCCc1cc(C)nn1CC)C(C)(C)C. The van der Waals surface area contributed by atoms with Crippen molar-refractivity contribution in [2.45, 2.75) is 73.4 Å². The number of nitrogens with zero attached hydrogens (tertiary/aromatic N) is 2. The number of aromatic nitrogens is 2. The molecule has 3 nitrogen and oxygen atoms in total. The number of aryl methyl sites for hydroxylation is 3. The average molecular weight is 265 g/mol. The van der Waals surface area contributed by atoms with Crippen LogP contribution in [0.1, 0.15) is 58.8 Å². The highest BCUT2D eigenvalue weighted by molar-refractivity contribution is 5.09. The first-order valence-corrected chi connectivity index (χ1v) is 7.65. The van der Waals surface area contributed by atoms with Gasteiger partial charge in [0.1, 0.15) is 0 Å². The highest BCUT2D eigenvalue weighted by Gasteiger charge is 2.23. The fourth-order valence-electron chi connectivity index (χ4n) is 2.65. The summed E-state index contributed by atoms with van der Waals surface area (Å²) in [4.78, 5) is 0. The summed E-state index contributed by atoms with van der Waals surface area (Å²) in [6.07, 6.45) is 3.58. The van der Waals surface area contributed by atoms with Crippen LogP contribution in [-0.2, 0) is 13.0 Å². The van der Waals surface area contributed by atoms with Crippen molar-refractivity contribution < 1.29 is 0 Å². The lowest BCUT2D eigenvalue weighted by atomic mass is 9.83. The maximum atomic E-state index is 4.51. The van der Waals surface area contributed by atoms with Crippen molar-refractivity contribution >= 4 is 0 Å². The lowest BCUT2D eigenvalue weighted by Crippen LogP contribution is -2.40. The highest BCUT2D eigenvalue weighted by Crippen LogP contribution is 2.23. The first-order valence-electron chi connectivity index (χ1n) is 7.65. The molecule has 0 bridgehead atoms. The molecule has 1 atom stereocenters. The third-order valence-electron chi connectivity index (χ3n) is 3.71. The molecule has 1 heterocycles. The van der Waals surface area contributed by atoms with Gasteiger partial charge >= 0.3 is 0 Å². The molecule has 19 heavy (non-hydrogen) atoms. The van der Waals surface area contributed by atoms with Gasteiger partial charge < -0.3 is 5.32 Å².